The third-order valence-corrected chi connectivity index (χ3v) is 0. The van der Waals surface area contributed by atoms with Gasteiger partial charge in [0, 0.05) is 34.1 Å². The summed E-state index contributed by atoms with van der Waals surface area (Å²) in [6, 6.07) is 0. The van der Waals surface area contributed by atoms with Crippen LogP contribution in [-0.4, -0.2) is 91.0 Å². The molecule has 0 heterocycles. The Balaban J connectivity index is 0. The van der Waals surface area contributed by atoms with Gasteiger partial charge < -0.3 is 27.4 Å². The molecule has 78 valence electrons. The van der Waals surface area contributed by atoms with E-state index in [-0.39, 0.29) is 257 Å². The molecule has 0 aliphatic carbocycles. The maximum atomic E-state index is 0. The van der Waals surface area contributed by atoms with Gasteiger partial charge in [-0.05, 0) is 0 Å². The molecule has 0 fully saturated rings. The van der Waals surface area contributed by atoms with Crippen molar-refractivity contribution in [2.75, 3.05) is 0 Å². The molecule has 0 rings (SSSR count). The predicted molar refractivity (Wildman–Crippen MR) is 20.5 cm³/mol. The number of hydrogen-bond donors (Lipinski definition) is 0. The first-order valence-corrected chi connectivity index (χ1v) is 0. The van der Waals surface area contributed by atoms with Crippen molar-refractivity contribution in [1.82, 2.24) is 0 Å². The Morgan fingerprint density at radius 3 is 0.385 bits per heavy atom. The van der Waals surface area contributed by atoms with Crippen LogP contribution in [0.2, 0.25) is 0 Å². The van der Waals surface area contributed by atoms with Gasteiger partial charge >= 0.3 is 196 Å². The molecule has 0 unspecified atom stereocenters. The van der Waals surface area contributed by atoms with E-state index in [9.17, 15) is 0 Å². The first-order valence-electron chi connectivity index (χ1n) is 0. The third-order valence-electron chi connectivity index (χ3n) is 0. The van der Waals surface area contributed by atoms with Crippen molar-refractivity contribution < 1.29 is 166 Å². The van der Waals surface area contributed by atoms with Crippen molar-refractivity contribution in [3.63, 3.8) is 0 Å². The van der Waals surface area contributed by atoms with Crippen LogP contribution in [0, 0.1) is 71.2 Å². The van der Waals surface area contributed by atoms with Gasteiger partial charge in [0.1, 0.15) is 0 Å². The van der Waals surface area contributed by atoms with E-state index in [4.69, 9.17) is 0 Å². The van der Waals surface area contributed by atoms with Crippen molar-refractivity contribution in [2.24, 2.45) is 0 Å². The molecule has 13 heavy (non-hydrogen) atoms. The van der Waals surface area contributed by atoms with Crippen LogP contribution >= 0.6 is 0 Å². The van der Waals surface area contributed by atoms with Gasteiger partial charge in [0.2, 0.25) is 0 Å². The van der Waals surface area contributed by atoms with Gasteiger partial charge in [-0.25, -0.2) is 0 Å². The molecule has 0 aromatic carbocycles. The SMILES string of the molecule is [Co+2].[Co+2].[Fe].[Fe].[La+3].[La+3].[O-2].[O-2].[O-2].[O-2].[O-2].[SrH2].[SrH2]. The molecule has 0 aliphatic rings. The average Bonchev–Trinajstić information content (AvgIpc) is 0. The van der Waals surface area contributed by atoms with E-state index in [1.54, 1.807) is 0 Å². The Morgan fingerprint density at radius 1 is 0.385 bits per heavy atom. The van der Waals surface area contributed by atoms with Crippen LogP contribution in [0.4, 0.5) is 0 Å². The Morgan fingerprint density at radius 2 is 0.385 bits per heavy atom. The Labute approximate surface area is 250 Å². The molecule has 0 aliphatic heterocycles. The summed E-state index contributed by atoms with van der Waals surface area (Å²) in [5, 5.41) is 0. The molecule has 0 saturated heterocycles. The van der Waals surface area contributed by atoms with Crippen molar-refractivity contribution in [2.45, 2.75) is 0 Å². The van der Waals surface area contributed by atoms with E-state index in [0.29, 0.717) is 0 Å². The molecule has 0 saturated carbocycles. The van der Waals surface area contributed by atoms with Gasteiger partial charge in [-0.3, -0.25) is 0 Å². The van der Waals surface area contributed by atoms with E-state index in [0.717, 1.165) is 0 Å². The Hall–Kier alpha value is 7.20. The predicted octanol–water partition coefficient (Wildman–Crippen LogP) is -2.44. The summed E-state index contributed by atoms with van der Waals surface area (Å²) >= 11 is 0. The van der Waals surface area contributed by atoms with Crippen molar-refractivity contribution >= 4 is 91.0 Å². The minimum atomic E-state index is 0. The van der Waals surface area contributed by atoms with Crippen molar-refractivity contribution in [3.05, 3.63) is 0 Å². The molecule has 13 heteroatoms. The van der Waals surface area contributed by atoms with Crippen molar-refractivity contribution in [1.29, 1.82) is 0 Å². The summed E-state index contributed by atoms with van der Waals surface area (Å²) in [4.78, 5) is 0. The monoisotopic (exact) mass is 767 g/mol. The fourth-order valence-corrected chi connectivity index (χ4v) is 0. The topological polar surface area (TPSA) is 142 Å². The van der Waals surface area contributed by atoms with Gasteiger partial charge in [-0.15, -0.1) is 0 Å². The summed E-state index contributed by atoms with van der Waals surface area (Å²) in [5.41, 5.74) is 0. The second-order valence-corrected chi connectivity index (χ2v) is 0. The van der Waals surface area contributed by atoms with Crippen LogP contribution in [0.5, 0.6) is 0 Å². The molecule has 0 spiro atoms. The van der Waals surface area contributed by atoms with Crippen LogP contribution in [0.1, 0.15) is 0 Å². The van der Waals surface area contributed by atoms with E-state index in [2.05, 4.69) is 0 Å². The summed E-state index contributed by atoms with van der Waals surface area (Å²) in [6.07, 6.45) is 0. The zero-order chi connectivity index (χ0) is 0. The van der Waals surface area contributed by atoms with Gasteiger partial charge in [0.05, 0.1) is 0 Å². The van der Waals surface area contributed by atoms with Gasteiger partial charge in [0.15, 0.2) is 0 Å². The summed E-state index contributed by atoms with van der Waals surface area (Å²) < 4.78 is 0. The molecule has 0 atom stereocenters. The summed E-state index contributed by atoms with van der Waals surface area (Å²) in [5.74, 6) is 0. The van der Waals surface area contributed by atoms with Crippen LogP contribution in [0.15, 0.2) is 0 Å². The molecular formula is H4Co2Fe2La2O5Sr2. The van der Waals surface area contributed by atoms with E-state index in [1.807, 2.05) is 0 Å². The molecule has 5 nitrogen and oxygen atoms in total. The average molecular weight is 767 g/mol. The molecular weight excluding hydrogens is 763 g/mol. The fourth-order valence-electron chi connectivity index (χ4n) is 0. The van der Waals surface area contributed by atoms with Gasteiger partial charge in [0.25, 0.3) is 0 Å². The first kappa shape index (κ1) is 144. The minimum absolute atomic E-state index is 0. The molecule has 0 aromatic rings. The van der Waals surface area contributed by atoms with Crippen LogP contribution in [0.3, 0.4) is 0 Å². The van der Waals surface area contributed by atoms with Crippen molar-refractivity contribution in [3.8, 4) is 0 Å². The number of rotatable bonds is 0. The standard InChI is InChI=1S/2Co.2Fe.2La.5O.2Sr.4H/q2*+2;;;2*+3;5*-2;;;;;;. The van der Waals surface area contributed by atoms with Crippen LogP contribution in [-0.2, 0) is 95.1 Å². The van der Waals surface area contributed by atoms with E-state index < -0.39 is 0 Å². The fraction of sp³-hybridized carbons (Fsp3) is 0. The molecule has 0 N–H and O–H groups in total. The molecule has 2 radical (unpaired) electrons. The zero-order valence-electron chi connectivity index (χ0n) is 4.57. The van der Waals surface area contributed by atoms with Crippen LogP contribution in [0.25, 0.3) is 0 Å². The summed E-state index contributed by atoms with van der Waals surface area (Å²) in [6.45, 7) is 0. The van der Waals surface area contributed by atoms with E-state index >= 15 is 0 Å². The van der Waals surface area contributed by atoms with Gasteiger partial charge in [-0.2, -0.15) is 0 Å². The van der Waals surface area contributed by atoms with E-state index in [1.165, 1.54) is 0 Å². The molecule has 0 amide bonds. The summed E-state index contributed by atoms with van der Waals surface area (Å²) in [7, 11) is 0. The number of hydrogen-bond acceptors (Lipinski definition) is 0. The first-order chi connectivity index (χ1) is 0. The second-order valence-electron chi connectivity index (χ2n) is 0. The van der Waals surface area contributed by atoms with Crippen LogP contribution < -0.4 is 0 Å². The van der Waals surface area contributed by atoms with Gasteiger partial charge in [-0.1, -0.05) is 0 Å². The molecule has 0 aromatic heterocycles. The maximum absolute atomic E-state index is 0. The zero-order valence-corrected chi connectivity index (χ0v) is 16.1. The quantitative estimate of drug-likeness (QED) is 0.242. The molecule has 0 bridgehead atoms. The second kappa shape index (κ2) is 123. The normalized spacial score (nSPS) is 0. The Bertz CT molecular complexity index is 28.5. The Kier molecular flexibility index (Phi) is 1350. The third kappa shape index (κ3) is 110.